The molecule has 0 radical (unpaired) electrons. The fourth-order valence-electron chi connectivity index (χ4n) is 2.32. The number of hydrogen-bond donors (Lipinski definition) is 2. The molecule has 0 aromatic heterocycles. The Kier molecular flexibility index (Phi) is 3.92. The number of carbonyl (C=O) groups is 1. The maximum absolute atomic E-state index is 11.8. The SMILES string of the molecule is O=C(N[C@H]1CCCC[C@@H]1O)C1CCSC1. The Balaban J connectivity index is 1.81. The standard InChI is InChI=1S/C11H19NO2S/c13-10-4-2-1-3-9(10)12-11(14)8-5-6-15-7-8/h8-10,13H,1-7H2,(H,12,14)/t8?,9-,10-/m0/s1. The van der Waals surface area contributed by atoms with Crippen LogP contribution >= 0.6 is 11.8 Å². The minimum absolute atomic E-state index is 0.0110. The van der Waals surface area contributed by atoms with Crippen LogP contribution in [0.5, 0.6) is 0 Å². The van der Waals surface area contributed by atoms with E-state index in [0.29, 0.717) is 0 Å². The van der Waals surface area contributed by atoms with Gasteiger partial charge in [-0.3, -0.25) is 4.79 Å². The van der Waals surface area contributed by atoms with Crippen LogP contribution in [0, 0.1) is 5.92 Å². The highest BCUT2D eigenvalue weighted by atomic mass is 32.2. The van der Waals surface area contributed by atoms with Crippen molar-refractivity contribution in [3.05, 3.63) is 0 Å². The minimum atomic E-state index is -0.322. The number of nitrogens with one attached hydrogen (secondary N) is 1. The molecule has 1 amide bonds. The number of rotatable bonds is 2. The summed E-state index contributed by atoms with van der Waals surface area (Å²) >= 11 is 1.85. The lowest BCUT2D eigenvalue weighted by atomic mass is 9.92. The number of carbonyl (C=O) groups excluding carboxylic acids is 1. The molecule has 2 aliphatic rings. The lowest BCUT2D eigenvalue weighted by Gasteiger charge is -2.29. The summed E-state index contributed by atoms with van der Waals surface area (Å²) in [6, 6.07) is 0.0110. The molecule has 2 rings (SSSR count). The van der Waals surface area contributed by atoms with Crippen LogP contribution in [-0.4, -0.2) is 34.7 Å². The van der Waals surface area contributed by atoms with Gasteiger partial charge in [-0.2, -0.15) is 11.8 Å². The number of aliphatic hydroxyl groups excluding tert-OH is 1. The van der Waals surface area contributed by atoms with E-state index in [-0.39, 0.29) is 24.0 Å². The normalized spacial score (nSPS) is 36.5. The average molecular weight is 229 g/mol. The van der Waals surface area contributed by atoms with E-state index in [1.54, 1.807) is 0 Å². The van der Waals surface area contributed by atoms with Crippen LogP contribution < -0.4 is 5.32 Å². The highest BCUT2D eigenvalue weighted by Crippen LogP contribution is 2.25. The molecule has 15 heavy (non-hydrogen) atoms. The van der Waals surface area contributed by atoms with Gasteiger partial charge in [-0.1, -0.05) is 12.8 Å². The third kappa shape index (κ3) is 2.88. The van der Waals surface area contributed by atoms with E-state index in [1.807, 2.05) is 11.8 Å². The van der Waals surface area contributed by atoms with Crippen molar-refractivity contribution in [3.63, 3.8) is 0 Å². The first-order valence-corrected chi connectivity index (χ1v) is 6.99. The van der Waals surface area contributed by atoms with Gasteiger partial charge in [0.15, 0.2) is 0 Å². The minimum Gasteiger partial charge on any atom is -0.391 e. The summed E-state index contributed by atoms with van der Waals surface area (Å²) in [6.07, 6.45) is 4.67. The van der Waals surface area contributed by atoms with E-state index in [2.05, 4.69) is 5.32 Å². The molecule has 3 nitrogen and oxygen atoms in total. The van der Waals surface area contributed by atoms with Crippen molar-refractivity contribution in [2.45, 2.75) is 44.2 Å². The Morgan fingerprint density at radius 1 is 1.27 bits per heavy atom. The third-order valence-corrected chi connectivity index (χ3v) is 4.52. The summed E-state index contributed by atoms with van der Waals surface area (Å²) in [4.78, 5) is 11.8. The zero-order valence-corrected chi connectivity index (χ0v) is 9.76. The molecule has 86 valence electrons. The Morgan fingerprint density at radius 2 is 2.07 bits per heavy atom. The molecule has 0 bridgehead atoms. The van der Waals surface area contributed by atoms with Crippen LogP contribution in [0.15, 0.2) is 0 Å². The summed E-state index contributed by atoms with van der Waals surface area (Å²) in [5.74, 6) is 2.40. The second-order valence-corrected chi connectivity index (χ2v) is 5.68. The van der Waals surface area contributed by atoms with E-state index in [4.69, 9.17) is 0 Å². The third-order valence-electron chi connectivity index (χ3n) is 3.36. The molecule has 2 N–H and O–H groups in total. The maximum Gasteiger partial charge on any atom is 0.224 e. The zero-order valence-electron chi connectivity index (χ0n) is 8.95. The van der Waals surface area contributed by atoms with Crippen LogP contribution in [0.4, 0.5) is 0 Å². The molecule has 1 unspecified atom stereocenters. The molecule has 4 heteroatoms. The van der Waals surface area contributed by atoms with Crippen LogP contribution in [0.2, 0.25) is 0 Å². The van der Waals surface area contributed by atoms with Crippen LogP contribution in [0.1, 0.15) is 32.1 Å². The summed E-state index contributed by atoms with van der Waals surface area (Å²) in [5, 5.41) is 12.7. The maximum atomic E-state index is 11.8. The molecule has 1 heterocycles. The Bertz CT molecular complexity index is 229. The lowest BCUT2D eigenvalue weighted by Crippen LogP contribution is -2.47. The van der Waals surface area contributed by atoms with Crippen molar-refractivity contribution < 1.29 is 9.90 Å². The fraction of sp³-hybridized carbons (Fsp3) is 0.909. The molecule has 2 fully saturated rings. The predicted molar refractivity (Wildman–Crippen MR) is 61.8 cm³/mol. The molecule has 1 aliphatic heterocycles. The molecule has 3 atom stereocenters. The first-order valence-electron chi connectivity index (χ1n) is 5.83. The largest absolute Gasteiger partial charge is 0.391 e. The van der Waals surface area contributed by atoms with Gasteiger partial charge in [0.1, 0.15) is 0 Å². The summed E-state index contributed by atoms with van der Waals surface area (Å²) < 4.78 is 0. The molecule has 0 aromatic rings. The van der Waals surface area contributed by atoms with Crippen molar-refractivity contribution in [3.8, 4) is 0 Å². The van der Waals surface area contributed by atoms with Gasteiger partial charge < -0.3 is 10.4 Å². The summed E-state index contributed by atoms with van der Waals surface area (Å²) in [7, 11) is 0. The fourth-order valence-corrected chi connectivity index (χ4v) is 3.54. The van der Waals surface area contributed by atoms with Gasteiger partial charge >= 0.3 is 0 Å². The number of aliphatic hydroxyl groups is 1. The first kappa shape index (κ1) is 11.3. The van der Waals surface area contributed by atoms with Crippen molar-refractivity contribution in [2.24, 2.45) is 5.92 Å². The van der Waals surface area contributed by atoms with Crippen molar-refractivity contribution in [1.29, 1.82) is 0 Å². The number of amides is 1. The van der Waals surface area contributed by atoms with Gasteiger partial charge in [0, 0.05) is 11.7 Å². The summed E-state index contributed by atoms with van der Waals surface area (Å²) in [5.41, 5.74) is 0. The second-order valence-electron chi connectivity index (χ2n) is 4.53. The van der Waals surface area contributed by atoms with E-state index in [9.17, 15) is 9.90 Å². The zero-order chi connectivity index (χ0) is 10.7. The van der Waals surface area contributed by atoms with Gasteiger partial charge in [0.25, 0.3) is 0 Å². The molecule has 0 aromatic carbocycles. The monoisotopic (exact) mass is 229 g/mol. The Labute approximate surface area is 95.0 Å². The Hall–Kier alpha value is -0.220. The highest BCUT2D eigenvalue weighted by Gasteiger charge is 2.29. The number of thioether (sulfide) groups is 1. The molecular weight excluding hydrogens is 210 g/mol. The topological polar surface area (TPSA) is 49.3 Å². The quantitative estimate of drug-likeness (QED) is 0.747. The van der Waals surface area contributed by atoms with Gasteiger partial charge in [-0.05, 0) is 25.0 Å². The van der Waals surface area contributed by atoms with Crippen LogP contribution in [0.3, 0.4) is 0 Å². The van der Waals surface area contributed by atoms with E-state index in [0.717, 1.165) is 43.6 Å². The lowest BCUT2D eigenvalue weighted by molar-refractivity contribution is -0.126. The van der Waals surface area contributed by atoms with Gasteiger partial charge in [-0.25, -0.2) is 0 Å². The average Bonchev–Trinajstić information content (AvgIpc) is 2.74. The van der Waals surface area contributed by atoms with Crippen molar-refractivity contribution >= 4 is 17.7 Å². The molecule has 1 saturated carbocycles. The van der Waals surface area contributed by atoms with E-state index in [1.165, 1.54) is 0 Å². The molecule has 0 spiro atoms. The molecule has 1 saturated heterocycles. The van der Waals surface area contributed by atoms with E-state index >= 15 is 0 Å². The van der Waals surface area contributed by atoms with Gasteiger partial charge in [-0.15, -0.1) is 0 Å². The van der Waals surface area contributed by atoms with Crippen LogP contribution in [-0.2, 0) is 4.79 Å². The van der Waals surface area contributed by atoms with Gasteiger partial charge in [0.05, 0.1) is 12.1 Å². The van der Waals surface area contributed by atoms with Crippen molar-refractivity contribution in [2.75, 3.05) is 11.5 Å². The smallest absolute Gasteiger partial charge is 0.224 e. The van der Waals surface area contributed by atoms with Gasteiger partial charge in [0.2, 0.25) is 5.91 Å². The summed E-state index contributed by atoms with van der Waals surface area (Å²) in [6.45, 7) is 0. The highest BCUT2D eigenvalue weighted by molar-refractivity contribution is 7.99. The van der Waals surface area contributed by atoms with E-state index < -0.39 is 0 Å². The van der Waals surface area contributed by atoms with Crippen molar-refractivity contribution in [1.82, 2.24) is 5.32 Å². The first-order chi connectivity index (χ1) is 7.27. The number of hydrogen-bond acceptors (Lipinski definition) is 3. The van der Waals surface area contributed by atoms with Crippen LogP contribution in [0.25, 0.3) is 0 Å². The predicted octanol–water partition coefficient (Wildman–Crippen LogP) is 1.16. The molecular formula is C11H19NO2S. The second kappa shape index (κ2) is 5.21. The molecule has 1 aliphatic carbocycles. The Morgan fingerprint density at radius 3 is 2.73 bits per heavy atom.